The van der Waals surface area contributed by atoms with Crippen molar-refractivity contribution in [1.29, 1.82) is 0 Å². The molecule has 2 heterocycles. The minimum absolute atomic E-state index is 0.187. The number of pyridine rings is 1. The van der Waals surface area contributed by atoms with Crippen LogP contribution in [0.15, 0.2) is 51.8 Å². The van der Waals surface area contributed by atoms with Crippen LogP contribution in [-0.4, -0.2) is 80.2 Å². The summed E-state index contributed by atoms with van der Waals surface area (Å²) >= 11 is 5.94. The first kappa shape index (κ1) is 31.2. The summed E-state index contributed by atoms with van der Waals surface area (Å²) in [6.45, 7) is 5.86. The number of nitrogens with one attached hydrogen (secondary N) is 2. The largest absolute Gasteiger partial charge is 0.348 e. The van der Waals surface area contributed by atoms with Gasteiger partial charge in [-0.05, 0) is 36.5 Å². The van der Waals surface area contributed by atoms with E-state index in [2.05, 4.69) is 20.6 Å². The van der Waals surface area contributed by atoms with Crippen molar-refractivity contribution < 1.29 is 22.8 Å². The third-order valence-electron chi connectivity index (χ3n) is 6.61. The third kappa shape index (κ3) is 7.88. The molecule has 216 valence electrons. The number of sulfone groups is 1. The number of amides is 3. The monoisotopic (exact) mass is 589 g/mol. The SMILES string of the molecule is CN=CC[C@@H](/C=C(\Cl)S(C)(=O)=O)NC(=O)[C@H]1CCCN1C(=O)[C@@H](NC(=O)c1ccc2ccccc2n1)C(C)(C)C. The molecule has 1 aromatic heterocycles. The Kier molecular flexibility index (Phi) is 10.1. The highest BCUT2D eigenvalue weighted by Crippen LogP contribution is 2.26. The first-order valence-corrected chi connectivity index (χ1v) is 15.2. The lowest BCUT2D eigenvalue weighted by atomic mass is 9.85. The van der Waals surface area contributed by atoms with Gasteiger partial charge in [0.25, 0.3) is 5.91 Å². The zero-order valence-electron chi connectivity index (χ0n) is 23.3. The molecule has 2 N–H and O–H groups in total. The van der Waals surface area contributed by atoms with Gasteiger partial charge in [-0.1, -0.05) is 56.6 Å². The lowest BCUT2D eigenvalue weighted by Crippen LogP contribution is -2.58. The second kappa shape index (κ2) is 12.9. The van der Waals surface area contributed by atoms with Crippen molar-refractivity contribution in [3.8, 4) is 0 Å². The van der Waals surface area contributed by atoms with E-state index in [1.165, 1.54) is 17.2 Å². The van der Waals surface area contributed by atoms with Crippen LogP contribution in [0.5, 0.6) is 0 Å². The van der Waals surface area contributed by atoms with Gasteiger partial charge in [0.05, 0.1) is 11.6 Å². The highest BCUT2D eigenvalue weighted by atomic mass is 35.5. The predicted octanol–water partition coefficient (Wildman–Crippen LogP) is 3.07. The fourth-order valence-electron chi connectivity index (χ4n) is 4.46. The van der Waals surface area contributed by atoms with Crippen molar-refractivity contribution >= 4 is 56.3 Å². The average Bonchev–Trinajstić information content (AvgIpc) is 3.38. The molecule has 0 bridgehead atoms. The number of fused-ring (bicyclic) bond motifs is 1. The van der Waals surface area contributed by atoms with Crippen LogP contribution in [0.25, 0.3) is 10.9 Å². The van der Waals surface area contributed by atoms with Crippen molar-refractivity contribution in [3.05, 3.63) is 52.5 Å². The van der Waals surface area contributed by atoms with Gasteiger partial charge < -0.3 is 20.5 Å². The summed E-state index contributed by atoms with van der Waals surface area (Å²) < 4.78 is 23.2. The first-order chi connectivity index (χ1) is 18.7. The van der Waals surface area contributed by atoms with E-state index in [0.29, 0.717) is 24.9 Å². The van der Waals surface area contributed by atoms with Crippen LogP contribution in [-0.2, 0) is 19.4 Å². The number of nitrogens with zero attached hydrogens (tertiary/aromatic N) is 3. The summed E-state index contributed by atoms with van der Waals surface area (Å²) in [5.41, 5.74) is 0.184. The normalized spacial score (nSPS) is 18.1. The summed E-state index contributed by atoms with van der Waals surface area (Å²) in [7, 11) is -2.09. The molecule has 1 aliphatic heterocycles. The Labute approximate surface area is 240 Å². The Morgan fingerprint density at radius 3 is 2.52 bits per heavy atom. The maximum absolute atomic E-state index is 13.8. The highest BCUT2D eigenvalue weighted by Gasteiger charge is 2.42. The van der Waals surface area contributed by atoms with Gasteiger partial charge in [0.2, 0.25) is 11.8 Å². The Bertz CT molecular complexity index is 1430. The molecule has 0 aliphatic carbocycles. The number of carbonyl (C=O) groups excluding carboxylic acids is 3. The standard InChI is InChI=1S/C28H36ClN5O5S/c1-28(2,3)24(33-25(35)21-13-12-18-9-6-7-10-20(18)32-21)27(37)34-16-8-11-22(34)26(36)31-19(14-15-30-4)17-23(29)40(5,38)39/h6-7,9-10,12-13,15,17,19,22,24H,8,11,14,16H2,1-5H3,(H,31,36)(H,33,35)/b23-17+,30-15?/t19-,22+,24+/m0/s1. The fourth-order valence-corrected chi connectivity index (χ4v) is 5.03. The summed E-state index contributed by atoms with van der Waals surface area (Å²) in [5.74, 6) is -1.31. The molecular weight excluding hydrogens is 554 g/mol. The molecular formula is C28H36ClN5O5S. The molecule has 2 aromatic rings. The number of halogens is 1. The van der Waals surface area contributed by atoms with E-state index in [0.717, 1.165) is 11.6 Å². The van der Waals surface area contributed by atoms with Crippen molar-refractivity contribution in [2.45, 2.75) is 58.2 Å². The van der Waals surface area contributed by atoms with Crippen LogP contribution in [0.1, 0.15) is 50.5 Å². The Morgan fingerprint density at radius 1 is 1.18 bits per heavy atom. The van der Waals surface area contributed by atoms with Gasteiger partial charge in [0.15, 0.2) is 9.84 Å². The quantitative estimate of drug-likeness (QED) is 0.431. The maximum atomic E-state index is 13.8. The average molecular weight is 590 g/mol. The summed E-state index contributed by atoms with van der Waals surface area (Å²) in [6.07, 6.45) is 5.01. The molecule has 1 saturated heterocycles. The van der Waals surface area contributed by atoms with Crippen LogP contribution in [0.4, 0.5) is 0 Å². The number of benzene rings is 1. The fraction of sp³-hybridized carbons (Fsp3) is 0.464. The minimum Gasteiger partial charge on any atom is -0.348 e. The van der Waals surface area contributed by atoms with E-state index in [4.69, 9.17) is 11.6 Å². The van der Waals surface area contributed by atoms with E-state index >= 15 is 0 Å². The zero-order chi connectivity index (χ0) is 29.7. The topological polar surface area (TPSA) is 138 Å². The number of para-hydroxylation sites is 1. The Balaban J connectivity index is 1.81. The number of hydrogen-bond acceptors (Lipinski definition) is 7. The van der Waals surface area contributed by atoms with Crippen LogP contribution in [0, 0.1) is 5.41 Å². The molecule has 3 rings (SSSR count). The van der Waals surface area contributed by atoms with Gasteiger partial charge in [-0.15, -0.1) is 0 Å². The van der Waals surface area contributed by atoms with Crippen LogP contribution >= 0.6 is 11.6 Å². The number of likely N-dealkylation sites (tertiary alicyclic amines) is 1. The van der Waals surface area contributed by atoms with Gasteiger partial charge in [-0.25, -0.2) is 13.4 Å². The molecule has 1 aliphatic rings. The van der Waals surface area contributed by atoms with E-state index in [-0.39, 0.29) is 22.4 Å². The van der Waals surface area contributed by atoms with E-state index < -0.39 is 45.2 Å². The number of carbonyl (C=O) groups is 3. The van der Waals surface area contributed by atoms with E-state index in [1.807, 2.05) is 45.0 Å². The van der Waals surface area contributed by atoms with Crippen molar-refractivity contribution in [3.63, 3.8) is 0 Å². The number of aliphatic imine (C=N–C) groups is 1. The molecule has 1 fully saturated rings. The number of rotatable bonds is 9. The maximum Gasteiger partial charge on any atom is 0.270 e. The molecule has 0 radical (unpaired) electrons. The molecule has 40 heavy (non-hydrogen) atoms. The predicted molar refractivity (Wildman–Crippen MR) is 157 cm³/mol. The van der Waals surface area contributed by atoms with Gasteiger partial charge >= 0.3 is 0 Å². The molecule has 0 spiro atoms. The molecule has 10 nitrogen and oxygen atoms in total. The highest BCUT2D eigenvalue weighted by molar-refractivity contribution is 7.96. The molecule has 12 heteroatoms. The number of hydrogen-bond donors (Lipinski definition) is 2. The van der Waals surface area contributed by atoms with Crippen LogP contribution in [0.2, 0.25) is 0 Å². The molecule has 3 atom stereocenters. The summed E-state index contributed by atoms with van der Waals surface area (Å²) in [4.78, 5) is 50.2. The van der Waals surface area contributed by atoms with Crippen LogP contribution in [0.3, 0.4) is 0 Å². The molecule has 1 aromatic carbocycles. The molecule has 0 saturated carbocycles. The minimum atomic E-state index is -3.66. The third-order valence-corrected chi connectivity index (χ3v) is 8.43. The second-order valence-corrected chi connectivity index (χ2v) is 13.5. The van der Waals surface area contributed by atoms with Crippen molar-refractivity contribution in [2.24, 2.45) is 10.4 Å². The Hall–Kier alpha value is -3.31. The second-order valence-electron chi connectivity index (χ2n) is 10.9. The smallest absolute Gasteiger partial charge is 0.270 e. The number of aromatic nitrogens is 1. The molecule has 0 unspecified atom stereocenters. The Morgan fingerprint density at radius 2 is 1.88 bits per heavy atom. The van der Waals surface area contributed by atoms with Gasteiger partial charge in [0, 0.05) is 37.9 Å². The van der Waals surface area contributed by atoms with E-state index in [9.17, 15) is 22.8 Å². The summed E-state index contributed by atoms with van der Waals surface area (Å²) in [6, 6.07) is 8.38. The first-order valence-electron chi connectivity index (χ1n) is 13.0. The lowest BCUT2D eigenvalue weighted by molar-refractivity contribution is -0.142. The molecule has 3 amide bonds. The van der Waals surface area contributed by atoms with Crippen molar-refractivity contribution in [2.75, 3.05) is 19.8 Å². The summed E-state index contributed by atoms with van der Waals surface area (Å²) in [5, 5.41) is 6.54. The zero-order valence-corrected chi connectivity index (χ0v) is 24.9. The van der Waals surface area contributed by atoms with Gasteiger partial charge in [0.1, 0.15) is 22.1 Å². The van der Waals surface area contributed by atoms with Gasteiger partial charge in [-0.3, -0.25) is 14.4 Å². The van der Waals surface area contributed by atoms with Crippen molar-refractivity contribution in [1.82, 2.24) is 20.5 Å². The lowest BCUT2D eigenvalue weighted by Gasteiger charge is -2.35. The van der Waals surface area contributed by atoms with Crippen LogP contribution < -0.4 is 10.6 Å². The van der Waals surface area contributed by atoms with Gasteiger partial charge in [-0.2, -0.15) is 0 Å². The van der Waals surface area contributed by atoms with E-state index in [1.54, 1.807) is 19.2 Å².